The Bertz CT molecular complexity index is 1710. The summed E-state index contributed by atoms with van der Waals surface area (Å²) in [5.41, 5.74) is 1.69. The topological polar surface area (TPSA) is 144 Å². The van der Waals surface area contributed by atoms with Crippen LogP contribution in [0.3, 0.4) is 0 Å². The first kappa shape index (κ1) is 30.5. The summed E-state index contributed by atoms with van der Waals surface area (Å²) in [7, 11) is -1.77. The first-order valence-electron chi connectivity index (χ1n) is 13.1. The number of rotatable bonds is 12. The zero-order valence-corrected chi connectivity index (χ0v) is 24.9. The monoisotopic (exact) mass is 609 g/mol. The number of methoxy groups -OCH3 is 1. The molecule has 0 atom stereocenters. The summed E-state index contributed by atoms with van der Waals surface area (Å²) in [6.45, 7) is 6.98. The van der Waals surface area contributed by atoms with Gasteiger partial charge in [0.15, 0.2) is 11.6 Å². The lowest BCUT2D eigenvalue weighted by Crippen LogP contribution is -2.25. The van der Waals surface area contributed by atoms with Crippen LogP contribution >= 0.6 is 11.6 Å². The molecule has 218 valence electrons. The lowest BCUT2D eigenvalue weighted by atomic mass is 10.2. The van der Waals surface area contributed by atoms with Crippen LogP contribution in [0, 0.1) is 0 Å². The minimum atomic E-state index is -3.29. The van der Waals surface area contributed by atoms with Crippen LogP contribution < -0.4 is 19.3 Å². The summed E-state index contributed by atoms with van der Waals surface area (Å²) < 4.78 is 31.7. The van der Waals surface area contributed by atoms with Crippen molar-refractivity contribution in [1.29, 1.82) is 0 Å². The van der Waals surface area contributed by atoms with Crippen LogP contribution in [0.2, 0.25) is 5.02 Å². The van der Waals surface area contributed by atoms with Gasteiger partial charge >= 0.3 is 5.91 Å². The third-order valence-electron chi connectivity index (χ3n) is 6.29. The minimum absolute atomic E-state index is 0.0266. The van der Waals surface area contributed by atoms with E-state index in [1.807, 2.05) is 0 Å². The van der Waals surface area contributed by atoms with E-state index in [0.717, 1.165) is 17.4 Å². The molecule has 0 saturated heterocycles. The summed E-state index contributed by atoms with van der Waals surface area (Å²) in [5, 5.41) is 11.1. The zero-order valence-electron chi connectivity index (χ0n) is 23.3. The molecule has 14 heteroatoms. The van der Waals surface area contributed by atoms with Crippen molar-refractivity contribution >= 4 is 62.4 Å². The Morgan fingerprint density at radius 2 is 1.76 bits per heavy atom. The van der Waals surface area contributed by atoms with Gasteiger partial charge in [0.2, 0.25) is 20.9 Å². The van der Waals surface area contributed by atoms with Gasteiger partial charge in [-0.2, -0.15) is 0 Å². The third-order valence-corrected chi connectivity index (χ3v) is 7.37. The van der Waals surface area contributed by atoms with Crippen molar-refractivity contribution in [2.45, 2.75) is 13.8 Å². The Kier molecular flexibility index (Phi) is 10.5. The van der Waals surface area contributed by atoms with Gasteiger partial charge in [-0.1, -0.05) is 43.6 Å². The molecular weight excluding hydrogens is 580 g/mol. The predicted octanol–water partition coefficient (Wildman–Crippen LogP) is 5.15. The molecule has 0 saturated carbocycles. The number of para-hydroxylation sites is 2. The molecule has 0 radical (unpaired) electrons. The number of fused-ring (bicyclic) bond motifs is 1. The first-order valence-corrected chi connectivity index (χ1v) is 14.6. The smallest absolute Gasteiger partial charge is 0.360 e. The molecule has 0 fully saturated rings. The van der Waals surface area contributed by atoms with Gasteiger partial charge in [0.25, 0.3) is 0 Å². The first-order chi connectivity index (χ1) is 20.3. The molecule has 0 unspecified atom stereocenters. The summed E-state index contributed by atoms with van der Waals surface area (Å²) in [4.78, 5) is 27.8. The average molecular weight is 610 g/mol. The molecule has 4 rings (SSSR count). The van der Waals surface area contributed by atoms with Crippen molar-refractivity contribution in [2.24, 2.45) is 10.2 Å². The van der Waals surface area contributed by atoms with E-state index < -0.39 is 16.8 Å². The average Bonchev–Trinajstić information content (AvgIpc) is 3.00. The van der Waals surface area contributed by atoms with E-state index in [4.69, 9.17) is 16.3 Å². The van der Waals surface area contributed by atoms with E-state index in [2.05, 4.69) is 49.2 Å². The maximum Gasteiger partial charge on any atom is 0.360 e. The summed E-state index contributed by atoms with van der Waals surface area (Å²) in [5.74, 6) is -0.0486. The fourth-order valence-corrected chi connectivity index (χ4v) is 4.81. The number of nitrogens with zero attached hydrogens (tertiary/aromatic N) is 7. The largest absolute Gasteiger partial charge is 0.497 e. The number of hydrogen-bond acceptors (Lipinski definition) is 9. The Balaban J connectivity index is 1.72. The number of carbonyl (C=O) groups excluding carboxylic acids is 1. The second-order valence-electron chi connectivity index (χ2n) is 8.84. The molecule has 0 aliphatic carbocycles. The molecule has 0 bridgehead atoms. The van der Waals surface area contributed by atoms with Crippen molar-refractivity contribution in [1.82, 2.24) is 19.8 Å². The normalized spacial score (nSPS) is 10.9. The quantitative estimate of drug-likeness (QED) is 0.127. The van der Waals surface area contributed by atoms with E-state index in [0.29, 0.717) is 40.6 Å². The lowest BCUT2D eigenvalue weighted by molar-refractivity contribution is 0.0992. The van der Waals surface area contributed by atoms with E-state index in [9.17, 15) is 13.2 Å². The number of benzene rings is 3. The number of carbonyl (C=O) groups is 1. The standard InChI is InChI=1S/C28H29ClN8O4S/c1-4-36(5-2)16-15-30-35-34-28(38)19-9-8-10-20(17-19)37(42(39)40)27-26(31-23-11-6-7-12-24(23)33-27)32-25-18-21(41-3)13-14-22(25)29/h6-14,17-18,42H,4-5,15-16H2,1-3H3/p+1. The maximum absolute atomic E-state index is 12.7. The van der Waals surface area contributed by atoms with Crippen molar-refractivity contribution in [3.63, 3.8) is 0 Å². The third kappa shape index (κ3) is 7.45. The van der Waals surface area contributed by atoms with Gasteiger partial charge < -0.3 is 15.0 Å². The molecule has 1 heterocycles. The number of amides is 1. The second-order valence-corrected chi connectivity index (χ2v) is 10.1. The number of halogens is 1. The SMILES string of the molecule is CCN(CC)CCN=[N+]=NC(=O)c1cccc(N(c2nc3ccccc3nc2Nc2cc(OC)ccc2Cl)[SH](=O)=O)c1. The van der Waals surface area contributed by atoms with Gasteiger partial charge in [-0.05, 0) is 55.6 Å². The Hall–Kier alpha value is -4.42. The van der Waals surface area contributed by atoms with E-state index >= 15 is 0 Å². The number of ether oxygens (including phenoxy) is 1. The molecular formula is C28H30ClN8O4S+. The molecule has 42 heavy (non-hydrogen) atoms. The molecule has 1 N–H and O–H groups in total. The van der Waals surface area contributed by atoms with Crippen molar-refractivity contribution in [3.8, 4) is 5.75 Å². The van der Waals surface area contributed by atoms with Gasteiger partial charge in [-0.15, -0.1) is 0 Å². The Labute approximate surface area is 249 Å². The van der Waals surface area contributed by atoms with Crippen LogP contribution in [0.25, 0.3) is 11.0 Å². The molecule has 3 aromatic carbocycles. The zero-order chi connectivity index (χ0) is 30.1. The van der Waals surface area contributed by atoms with E-state index in [1.165, 1.54) is 25.3 Å². The number of anilines is 4. The van der Waals surface area contributed by atoms with Gasteiger partial charge in [0.05, 0.1) is 40.1 Å². The van der Waals surface area contributed by atoms with Crippen molar-refractivity contribution in [3.05, 3.63) is 77.3 Å². The Morgan fingerprint density at radius 3 is 2.45 bits per heavy atom. The highest BCUT2D eigenvalue weighted by Gasteiger charge is 2.23. The molecule has 0 aliphatic rings. The number of thiol groups is 1. The van der Waals surface area contributed by atoms with Crippen LogP contribution in [-0.2, 0) is 10.9 Å². The van der Waals surface area contributed by atoms with E-state index in [1.54, 1.807) is 48.5 Å². The summed E-state index contributed by atoms with van der Waals surface area (Å²) >= 11 is 6.41. The highest BCUT2D eigenvalue weighted by Crippen LogP contribution is 2.36. The second kappa shape index (κ2) is 14.5. The Morgan fingerprint density at radius 1 is 1.02 bits per heavy atom. The fourth-order valence-electron chi connectivity index (χ4n) is 4.04. The van der Waals surface area contributed by atoms with Crippen LogP contribution in [0.5, 0.6) is 5.75 Å². The van der Waals surface area contributed by atoms with Gasteiger partial charge in [0, 0.05) is 12.6 Å². The highest BCUT2D eigenvalue weighted by atomic mass is 35.5. The van der Waals surface area contributed by atoms with E-state index in [-0.39, 0.29) is 22.9 Å². The molecule has 12 nitrogen and oxygen atoms in total. The van der Waals surface area contributed by atoms with Gasteiger partial charge in [-0.3, -0.25) is 4.79 Å². The van der Waals surface area contributed by atoms with Crippen molar-refractivity contribution < 1.29 is 17.9 Å². The summed E-state index contributed by atoms with van der Waals surface area (Å²) in [6, 6.07) is 18.0. The molecule has 4 aromatic rings. The van der Waals surface area contributed by atoms with Crippen LogP contribution in [0.4, 0.5) is 23.0 Å². The number of nitrogens with one attached hydrogen (secondary N) is 1. The highest BCUT2D eigenvalue weighted by molar-refractivity contribution is 7.74. The van der Waals surface area contributed by atoms with Crippen LogP contribution in [0.15, 0.2) is 77.0 Å². The minimum Gasteiger partial charge on any atom is -0.497 e. The fraction of sp³-hybridized carbons (Fsp3) is 0.250. The number of likely N-dealkylation sites (N-methyl/N-ethyl adjacent to an activating group) is 1. The molecule has 1 aromatic heterocycles. The molecule has 1 amide bonds. The van der Waals surface area contributed by atoms with Crippen LogP contribution in [0.1, 0.15) is 24.2 Å². The number of aromatic nitrogens is 2. The maximum atomic E-state index is 12.7. The molecule has 0 aliphatic heterocycles. The van der Waals surface area contributed by atoms with Gasteiger partial charge in [0.1, 0.15) is 17.4 Å². The summed E-state index contributed by atoms with van der Waals surface area (Å²) in [6.07, 6.45) is 0. The van der Waals surface area contributed by atoms with Crippen LogP contribution in [-0.4, -0.2) is 62.5 Å². The lowest BCUT2D eigenvalue weighted by Gasteiger charge is -2.21. The predicted molar refractivity (Wildman–Crippen MR) is 164 cm³/mol. The van der Waals surface area contributed by atoms with Crippen molar-refractivity contribution in [2.75, 3.05) is 42.9 Å². The molecule has 0 spiro atoms. The van der Waals surface area contributed by atoms with Gasteiger partial charge in [-0.25, -0.2) is 22.7 Å². The number of hydrogen-bond donors (Lipinski definition) is 2.